The predicted octanol–water partition coefficient (Wildman–Crippen LogP) is 11.0. The largest absolute Gasteiger partial charge is 0.505 e. The van der Waals surface area contributed by atoms with Crippen molar-refractivity contribution in [3.05, 3.63) is 126 Å². The number of anilines is 2. The summed E-state index contributed by atoms with van der Waals surface area (Å²) in [6.45, 7) is 5.60. The third-order valence-corrected chi connectivity index (χ3v) is 8.68. The summed E-state index contributed by atoms with van der Waals surface area (Å²) in [6.07, 6.45) is 0. The molecule has 256 valence electrons. The molecule has 0 atom stereocenters. The maximum absolute atomic E-state index is 11.6. The van der Waals surface area contributed by atoms with Gasteiger partial charge >= 0.3 is 0 Å². The Labute approximate surface area is 293 Å². The Hall–Kier alpha value is -6.51. The molecule has 51 heavy (non-hydrogen) atoms. The van der Waals surface area contributed by atoms with Gasteiger partial charge in [0.2, 0.25) is 0 Å². The molecule has 0 saturated carbocycles. The van der Waals surface area contributed by atoms with Crippen LogP contribution in [0, 0.1) is 20.8 Å². The zero-order chi connectivity index (χ0) is 36.1. The Bertz CT molecular complexity index is 2470. The lowest BCUT2D eigenvalue weighted by Gasteiger charge is -2.10. The average Bonchev–Trinajstić information content (AvgIpc) is 3.11. The van der Waals surface area contributed by atoms with Crippen LogP contribution in [0.1, 0.15) is 16.7 Å². The molecule has 0 amide bonds. The first-order valence-corrected chi connectivity index (χ1v) is 17.0. The van der Waals surface area contributed by atoms with Gasteiger partial charge in [0.05, 0.1) is 28.4 Å². The van der Waals surface area contributed by atoms with Gasteiger partial charge in [0.25, 0.3) is 10.1 Å². The molecule has 0 radical (unpaired) electrons. The summed E-state index contributed by atoms with van der Waals surface area (Å²) in [5, 5.41) is 38.1. The molecule has 0 heterocycles. The molecule has 0 aliphatic carbocycles. The predicted molar refractivity (Wildman–Crippen MR) is 197 cm³/mol. The van der Waals surface area contributed by atoms with Crippen LogP contribution in [0.4, 0.5) is 45.5 Å². The Morgan fingerprint density at radius 1 is 0.627 bits per heavy atom. The molecule has 6 rings (SSSR count). The van der Waals surface area contributed by atoms with Gasteiger partial charge in [-0.3, -0.25) is 4.55 Å². The van der Waals surface area contributed by atoms with Crippen molar-refractivity contribution in [3.8, 4) is 11.5 Å². The number of hydrogen-bond donors (Lipinski definition) is 4. The van der Waals surface area contributed by atoms with Gasteiger partial charge in [-0.2, -0.15) is 28.9 Å². The second kappa shape index (κ2) is 14.5. The minimum atomic E-state index is -4.44. The lowest BCUT2D eigenvalue weighted by atomic mass is 10.1. The summed E-state index contributed by atoms with van der Waals surface area (Å²) in [6, 6.07) is 30.7. The molecule has 6 aromatic carbocycles. The summed E-state index contributed by atoms with van der Waals surface area (Å²) in [5.74, 6) is 0.616. The fourth-order valence-electron chi connectivity index (χ4n) is 5.00. The first-order chi connectivity index (χ1) is 24.4. The zero-order valence-corrected chi connectivity index (χ0v) is 28.5. The van der Waals surface area contributed by atoms with Crippen LogP contribution < -0.4 is 16.1 Å². The van der Waals surface area contributed by atoms with E-state index in [0.717, 1.165) is 22.1 Å². The zero-order valence-electron chi connectivity index (χ0n) is 27.7. The third kappa shape index (κ3) is 8.21. The van der Waals surface area contributed by atoms with E-state index in [4.69, 9.17) is 10.6 Å². The van der Waals surface area contributed by atoms with Crippen molar-refractivity contribution in [1.29, 1.82) is 0 Å². The number of phenols is 1. The van der Waals surface area contributed by atoms with Crippen molar-refractivity contribution in [2.75, 3.05) is 11.2 Å². The highest BCUT2D eigenvalue weighted by Gasteiger charge is 2.15. The quantitative estimate of drug-likeness (QED) is 0.0471. The van der Waals surface area contributed by atoms with E-state index < -0.39 is 10.1 Å². The molecule has 13 nitrogen and oxygen atoms in total. The molecule has 0 aromatic heterocycles. The van der Waals surface area contributed by atoms with Crippen LogP contribution in [-0.4, -0.2) is 18.1 Å². The van der Waals surface area contributed by atoms with Crippen LogP contribution >= 0.6 is 0 Å². The molecule has 0 fully saturated rings. The monoisotopic (exact) mass is 700 g/mol. The number of rotatable bonds is 10. The highest BCUT2D eigenvalue weighted by atomic mass is 32.2. The van der Waals surface area contributed by atoms with Crippen LogP contribution in [0.2, 0.25) is 0 Å². The van der Waals surface area contributed by atoms with E-state index in [2.05, 4.69) is 36.2 Å². The number of aryl methyl sites for hydroxylation is 3. The van der Waals surface area contributed by atoms with Gasteiger partial charge in [-0.1, -0.05) is 18.2 Å². The van der Waals surface area contributed by atoms with Crippen molar-refractivity contribution >= 4 is 66.4 Å². The SMILES string of the molecule is Cc1cc(N=Nc2ccc3cc(NOc4ccc(N)cc4)ccc3c2O)c(C)cc1N=Nc1ccc(N=Nc2ccccc2S(=O)(=O)O)c(C)c1. The van der Waals surface area contributed by atoms with Gasteiger partial charge in [0.15, 0.2) is 11.5 Å². The maximum Gasteiger partial charge on any atom is 0.296 e. The van der Waals surface area contributed by atoms with E-state index in [0.29, 0.717) is 50.9 Å². The molecule has 0 saturated heterocycles. The first kappa shape index (κ1) is 34.4. The minimum Gasteiger partial charge on any atom is -0.505 e. The smallest absolute Gasteiger partial charge is 0.296 e. The number of nitrogen functional groups attached to an aromatic ring is 1. The van der Waals surface area contributed by atoms with Gasteiger partial charge < -0.3 is 15.7 Å². The maximum atomic E-state index is 11.6. The van der Waals surface area contributed by atoms with Gasteiger partial charge in [0.1, 0.15) is 16.3 Å². The average molecular weight is 701 g/mol. The van der Waals surface area contributed by atoms with E-state index in [1.165, 1.54) is 18.2 Å². The number of nitrogens with zero attached hydrogens (tertiary/aromatic N) is 6. The van der Waals surface area contributed by atoms with Gasteiger partial charge in [-0.25, -0.2) is 5.48 Å². The van der Waals surface area contributed by atoms with Crippen LogP contribution in [0.15, 0.2) is 145 Å². The number of azo groups is 3. The number of aromatic hydroxyl groups is 1. The van der Waals surface area contributed by atoms with E-state index in [1.54, 1.807) is 66.7 Å². The van der Waals surface area contributed by atoms with Crippen molar-refractivity contribution in [2.24, 2.45) is 30.7 Å². The van der Waals surface area contributed by atoms with Crippen molar-refractivity contribution < 1.29 is 22.9 Å². The summed E-state index contributed by atoms with van der Waals surface area (Å²) < 4.78 is 32.7. The number of phenolic OH excluding ortho intramolecular Hbond substituents is 1. The van der Waals surface area contributed by atoms with E-state index in [-0.39, 0.29) is 16.3 Å². The summed E-state index contributed by atoms with van der Waals surface area (Å²) in [5.41, 5.74) is 15.0. The molecule has 0 aliphatic heterocycles. The number of hydrogen-bond acceptors (Lipinski definition) is 12. The number of nitrogens with one attached hydrogen (secondary N) is 1. The summed E-state index contributed by atoms with van der Waals surface area (Å²) in [7, 11) is -4.44. The van der Waals surface area contributed by atoms with Crippen LogP contribution in [0.25, 0.3) is 10.8 Å². The Kier molecular flexibility index (Phi) is 9.79. The van der Waals surface area contributed by atoms with Crippen molar-refractivity contribution in [1.82, 2.24) is 0 Å². The van der Waals surface area contributed by atoms with Crippen LogP contribution in [0.5, 0.6) is 11.5 Å². The molecular formula is C37H32N8O5S. The number of nitrogens with two attached hydrogens (primary N) is 1. The Morgan fingerprint density at radius 3 is 1.94 bits per heavy atom. The highest BCUT2D eigenvalue weighted by molar-refractivity contribution is 7.86. The summed E-state index contributed by atoms with van der Waals surface area (Å²) >= 11 is 0. The highest BCUT2D eigenvalue weighted by Crippen LogP contribution is 2.38. The standard InChI is InChI=1S/C37H32N8O5S/c1-22-18-27(12-17-31(22)40-41-32-6-4-5-7-36(32)51(47,48)49)39-43-34-19-24(3)35(20-23(34)2)44-42-33-16-8-25-21-28(11-15-30(25)37(33)46)45-50-29-13-9-26(38)10-14-29/h4-21,45-46H,38H2,1-3H3,(H,47,48,49). The van der Waals surface area contributed by atoms with E-state index >= 15 is 0 Å². The fraction of sp³-hybridized carbons (Fsp3) is 0.0811. The lowest BCUT2D eigenvalue weighted by molar-refractivity contribution is 0.405. The normalized spacial score (nSPS) is 12.0. The van der Waals surface area contributed by atoms with Crippen molar-refractivity contribution in [3.63, 3.8) is 0 Å². The molecule has 0 unspecified atom stereocenters. The molecule has 14 heteroatoms. The van der Waals surface area contributed by atoms with E-state index in [1.807, 2.05) is 45.0 Å². The molecular weight excluding hydrogens is 669 g/mol. The summed E-state index contributed by atoms with van der Waals surface area (Å²) in [4.78, 5) is 5.28. The Balaban J connectivity index is 1.14. The van der Waals surface area contributed by atoms with Gasteiger partial charge in [-0.15, -0.1) is 10.2 Å². The van der Waals surface area contributed by atoms with Crippen LogP contribution in [0.3, 0.4) is 0 Å². The van der Waals surface area contributed by atoms with Crippen molar-refractivity contribution in [2.45, 2.75) is 25.7 Å². The number of fused-ring (bicyclic) bond motifs is 1. The van der Waals surface area contributed by atoms with Gasteiger partial charge in [-0.05, 0) is 134 Å². The van der Waals surface area contributed by atoms with E-state index in [9.17, 15) is 18.1 Å². The lowest BCUT2D eigenvalue weighted by Crippen LogP contribution is -2.04. The molecule has 5 N–H and O–H groups in total. The van der Waals surface area contributed by atoms with Crippen LogP contribution in [-0.2, 0) is 10.1 Å². The minimum absolute atomic E-state index is 0.00718. The Morgan fingerprint density at radius 2 is 1.24 bits per heavy atom. The first-order valence-electron chi connectivity index (χ1n) is 15.5. The molecule has 6 aromatic rings. The second-order valence-electron chi connectivity index (χ2n) is 11.6. The molecule has 0 spiro atoms. The fourth-order valence-corrected chi connectivity index (χ4v) is 5.62. The molecule has 0 bridgehead atoms. The number of benzene rings is 6. The third-order valence-electron chi connectivity index (χ3n) is 7.78. The van der Waals surface area contributed by atoms with Gasteiger partial charge in [0, 0.05) is 11.1 Å². The topological polar surface area (TPSA) is 196 Å². The molecule has 0 aliphatic rings. The second-order valence-corrected chi connectivity index (χ2v) is 13.0.